The third-order valence-corrected chi connectivity index (χ3v) is 4.14. The Bertz CT molecular complexity index is 540. The van der Waals surface area contributed by atoms with Gasteiger partial charge in [0.2, 0.25) is 5.91 Å². The summed E-state index contributed by atoms with van der Waals surface area (Å²) in [4.78, 5) is 25.9. The zero-order valence-electron chi connectivity index (χ0n) is 14.7. The van der Waals surface area contributed by atoms with Crippen molar-refractivity contribution in [3.63, 3.8) is 0 Å². The summed E-state index contributed by atoms with van der Waals surface area (Å²) in [5.41, 5.74) is 1.69. The summed E-state index contributed by atoms with van der Waals surface area (Å²) < 4.78 is 0. The minimum Gasteiger partial charge on any atom is -0.348 e. The predicted molar refractivity (Wildman–Crippen MR) is 98.4 cm³/mol. The first-order valence-corrected chi connectivity index (χ1v) is 8.33. The molecule has 2 N–H and O–H groups in total. The third kappa shape index (κ3) is 5.80. The van der Waals surface area contributed by atoms with E-state index in [1.807, 2.05) is 38.1 Å². The number of nitrogens with one attached hydrogen (secondary N) is 2. The summed E-state index contributed by atoms with van der Waals surface area (Å²) in [5.74, 6) is 0.0858. The Kier molecular flexibility index (Phi) is 8.22. The molecule has 1 aromatic carbocycles. The Labute approximate surface area is 150 Å². The van der Waals surface area contributed by atoms with Gasteiger partial charge in [-0.1, -0.05) is 26.0 Å². The van der Waals surface area contributed by atoms with Gasteiger partial charge in [-0.3, -0.25) is 9.59 Å². The highest BCUT2D eigenvalue weighted by molar-refractivity contribution is 5.94. The number of carbonyl (C=O) groups excluding carboxylic acids is 2. The quantitative estimate of drug-likeness (QED) is 0.853. The summed E-state index contributed by atoms with van der Waals surface area (Å²) in [6, 6.07) is 7.70. The van der Waals surface area contributed by atoms with E-state index in [-0.39, 0.29) is 36.2 Å². The summed E-state index contributed by atoms with van der Waals surface area (Å²) in [5, 5.41) is 6.35. The molecule has 1 heterocycles. The van der Waals surface area contributed by atoms with Crippen molar-refractivity contribution in [2.45, 2.75) is 39.3 Å². The van der Waals surface area contributed by atoms with Crippen molar-refractivity contribution in [2.75, 3.05) is 20.1 Å². The van der Waals surface area contributed by atoms with Crippen LogP contribution in [-0.4, -0.2) is 42.9 Å². The van der Waals surface area contributed by atoms with Crippen molar-refractivity contribution in [2.24, 2.45) is 5.92 Å². The lowest BCUT2D eigenvalue weighted by Gasteiger charge is -2.24. The van der Waals surface area contributed by atoms with Gasteiger partial charge in [0.15, 0.2) is 0 Å². The fraction of sp³-hybridized carbons (Fsp3) is 0.556. The molecule has 1 aromatic rings. The predicted octanol–water partition coefficient (Wildman–Crippen LogP) is 2.20. The van der Waals surface area contributed by atoms with E-state index < -0.39 is 0 Å². The maximum Gasteiger partial charge on any atom is 0.251 e. The van der Waals surface area contributed by atoms with Crippen molar-refractivity contribution < 1.29 is 9.59 Å². The molecule has 5 nitrogen and oxygen atoms in total. The molecule has 0 unspecified atom stereocenters. The van der Waals surface area contributed by atoms with Gasteiger partial charge in [0.1, 0.15) is 0 Å². The van der Waals surface area contributed by atoms with Crippen LogP contribution in [0.3, 0.4) is 0 Å². The number of rotatable bonds is 5. The molecule has 134 valence electrons. The second kappa shape index (κ2) is 9.64. The maximum atomic E-state index is 12.2. The van der Waals surface area contributed by atoms with Gasteiger partial charge in [0, 0.05) is 37.7 Å². The molecule has 1 atom stereocenters. The van der Waals surface area contributed by atoms with E-state index in [0.717, 1.165) is 31.5 Å². The average Bonchev–Trinajstić information content (AvgIpc) is 2.55. The van der Waals surface area contributed by atoms with Gasteiger partial charge in [0.25, 0.3) is 5.91 Å². The van der Waals surface area contributed by atoms with Crippen LogP contribution in [0.5, 0.6) is 0 Å². The van der Waals surface area contributed by atoms with Gasteiger partial charge in [-0.15, -0.1) is 12.4 Å². The number of hydrogen-bond acceptors (Lipinski definition) is 3. The van der Waals surface area contributed by atoms with Crippen LogP contribution in [0.1, 0.15) is 42.6 Å². The van der Waals surface area contributed by atoms with Gasteiger partial charge in [0.05, 0.1) is 0 Å². The number of halogens is 1. The Morgan fingerprint density at radius 3 is 2.50 bits per heavy atom. The molecule has 0 aliphatic carbocycles. The Hall–Kier alpha value is -1.59. The van der Waals surface area contributed by atoms with Crippen molar-refractivity contribution >= 4 is 24.2 Å². The minimum atomic E-state index is -0.0307. The zero-order chi connectivity index (χ0) is 16.8. The Morgan fingerprint density at radius 1 is 1.29 bits per heavy atom. The van der Waals surface area contributed by atoms with Crippen LogP contribution in [0.25, 0.3) is 0 Å². The third-order valence-electron chi connectivity index (χ3n) is 4.14. The Balaban J connectivity index is 0.00000288. The van der Waals surface area contributed by atoms with Crippen molar-refractivity contribution in [3.05, 3.63) is 35.4 Å². The van der Waals surface area contributed by atoms with Crippen molar-refractivity contribution in [1.82, 2.24) is 15.5 Å². The number of piperidine rings is 1. The largest absolute Gasteiger partial charge is 0.348 e. The van der Waals surface area contributed by atoms with E-state index in [2.05, 4.69) is 10.6 Å². The van der Waals surface area contributed by atoms with Gasteiger partial charge in [-0.05, 0) is 37.1 Å². The van der Waals surface area contributed by atoms with Gasteiger partial charge in [-0.2, -0.15) is 0 Å². The highest BCUT2D eigenvalue weighted by Crippen LogP contribution is 2.10. The molecule has 2 rings (SSSR count). The molecule has 0 spiro atoms. The van der Waals surface area contributed by atoms with E-state index in [9.17, 15) is 9.59 Å². The van der Waals surface area contributed by atoms with Crippen LogP contribution in [-0.2, 0) is 11.3 Å². The first-order chi connectivity index (χ1) is 11.0. The minimum absolute atomic E-state index is 0. The summed E-state index contributed by atoms with van der Waals surface area (Å²) in [6.45, 7) is 6.22. The number of nitrogens with zero attached hydrogens (tertiary/aromatic N) is 1. The number of amides is 2. The standard InChI is InChI=1S/C18H27N3O2.ClH/c1-13(2)18(23)21(3)12-14-6-8-15(9-7-14)17(22)20-16-5-4-10-19-11-16;/h6-9,13,16,19H,4-5,10-12H2,1-3H3,(H,20,22);1H/t16-;/m0./s1. The lowest BCUT2D eigenvalue weighted by Crippen LogP contribution is -2.45. The highest BCUT2D eigenvalue weighted by Gasteiger charge is 2.17. The fourth-order valence-electron chi connectivity index (χ4n) is 2.80. The van der Waals surface area contributed by atoms with E-state index in [4.69, 9.17) is 0 Å². The second-order valence-electron chi connectivity index (χ2n) is 6.56. The molecule has 1 fully saturated rings. The summed E-state index contributed by atoms with van der Waals surface area (Å²) in [7, 11) is 1.80. The Morgan fingerprint density at radius 2 is 1.96 bits per heavy atom. The van der Waals surface area contributed by atoms with Crippen LogP contribution in [0.4, 0.5) is 0 Å². The molecule has 0 saturated carbocycles. The maximum absolute atomic E-state index is 12.2. The van der Waals surface area contributed by atoms with Gasteiger partial charge >= 0.3 is 0 Å². The molecule has 1 saturated heterocycles. The van der Waals surface area contributed by atoms with Gasteiger partial charge in [-0.25, -0.2) is 0 Å². The second-order valence-corrected chi connectivity index (χ2v) is 6.56. The molecule has 2 amide bonds. The molecular formula is C18H28ClN3O2. The number of benzene rings is 1. The lowest BCUT2D eigenvalue weighted by molar-refractivity contribution is -0.133. The van der Waals surface area contributed by atoms with Gasteiger partial charge < -0.3 is 15.5 Å². The highest BCUT2D eigenvalue weighted by atomic mass is 35.5. The first kappa shape index (κ1) is 20.5. The normalized spacial score (nSPS) is 17.1. The molecule has 0 radical (unpaired) electrons. The van der Waals surface area contributed by atoms with E-state index >= 15 is 0 Å². The molecule has 0 bridgehead atoms. The van der Waals surface area contributed by atoms with Crippen LogP contribution < -0.4 is 10.6 Å². The molecule has 1 aliphatic heterocycles. The van der Waals surface area contributed by atoms with Crippen LogP contribution in [0.2, 0.25) is 0 Å². The molecule has 0 aromatic heterocycles. The topological polar surface area (TPSA) is 61.4 Å². The average molecular weight is 354 g/mol. The monoisotopic (exact) mass is 353 g/mol. The number of carbonyl (C=O) groups is 2. The summed E-state index contributed by atoms with van der Waals surface area (Å²) in [6.07, 6.45) is 2.12. The summed E-state index contributed by atoms with van der Waals surface area (Å²) >= 11 is 0. The van der Waals surface area contributed by atoms with Crippen LogP contribution >= 0.6 is 12.4 Å². The molecular weight excluding hydrogens is 326 g/mol. The number of hydrogen-bond donors (Lipinski definition) is 2. The smallest absolute Gasteiger partial charge is 0.251 e. The van der Waals surface area contributed by atoms with E-state index in [0.29, 0.717) is 12.1 Å². The zero-order valence-corrected chi connectivity index (χ0v) is 15.5. The van der Waals surface area contributed by atoms with Crippen molar-refractivity contribution in [1.29, 1.82) is 0 Å². The SMILES string of the molecule is CC(C)C(=O)N(C)Cc1ccc(C(=O)N[C@H]2CCCNC2)cc1.Cl. The van der Waals surface area contributed by atoms with Crippen molar-refractivity contribution in [3.8, 4) is 0 Å². The molecule has 1 aliphatic rings. The first-order valence-electron chi connectivity index (χ1n) is 8.33. The van der Waals surface area contributed by atoms with Crippen LogP contribution in [0.15, 0.2) is 24.3 Å². The molecule has 6 heteroatoms. The van der Waals surface area contributed by atoms with Crippen LogP contribution in [0, 0.1) is 5.92 Å². The lowest BCUT2D eigenvalue weighted by atomic mass is 10.1. The van der Waals surface area contributed by atoms with E-state index in [1.54, 1.807) is 11.9 Å². The van der Waals surface area contributed by atoms with E-state index in [1.165, 1.54) is 0 Å². The molecule has 24 heavy (non-hydrogen) atoms. The fourth-order valence-corrected chi connectivity index (χ4v) is 2.80.